The number of rotatable bonds is 7. The molecule has 0 spiro atoms. The van der Waals surface area contributed by atoms with Crippen molar-refractivity contribution in [2.45, 2.75) is 51.1 Å². The molecule has 7 heteroatoms. The Labute approximate surface area is 193 Å². The standard InChI is InChI=1S/C26H30N2O5/c1-16(2)24(25(31)28-13-7-8-17(28)14-23(29)30)27-26(32)33-15-22-20-11-5-3-9-18(20)19-10-4-6-12-21(19)22/h3-6,9-12,16-17,22,24H,7-8,13-15H2,1-2H3,(H,27,32)(H,29,30)/t17-,24?/m0/s1. The number of carboxylic acid groups (broad SMARTS) is 1. The van der Waals surface area contributed by atoms with Gasteiger partial charge in [-0.05, 0) is 41.0 Å². The third-order valence-corrected chi connectivity index (χ3v) is 6.62. The number of nitrogens with one attached hydrogen (secondary N) is 1. The SMILES string of the molecule is CC(C)C(NC(=O)OCC1c2ccccc2-c2ccccc21)C(=O)N1CCC[C@H]1CC(=O)O. The topological polar surface area (TPSA) is 95.9 Å². The number of hydrogen-bond donors (Lipinski definition) is 2. The lowest BCUT2D eigenvalue weighted by molar-refractivity contribution is -0.140. The van der Waals surface area contributed by atoms with Gasteiger partial charge in [-0.3, -0.25) is 9.59 Å². The number of hydrogen-bond acceptors (Lipinski definition) is 4. The van der Waals surface area contributed by atoms with Crippen LogP contribution in [0.5, 0.6) is 0 Å². The van der Waals surface area contributed by atoms with Gasteiger partial charge in [-0.15, -0.1) is 0 Å². The third kappa shape index (κ3) is 4.72. The summed E-state index contributed by atoms with van der Waals surface area (Å²) < 4.78 is 5.61. The zero-order chi connectivity index (χ0) is 23.5. The van der Waals surface area contributed by atoms with Crippen molar-refractivity contribution >= 4 is 18.0 Å². The maximum atomic E-state index is 13.2. The summed E-state index contributed by atoms with van der Waals surface area (Å²) in [5, 5.41) is 11.9. The van der Waals surface area contributed by atoms with Gasteiger partial charge in [-0.25, -0.2) is 4.79 Å². The largest absolute Gasteiger partial charge is 0.481 e. The monoisotopic (exact) mass is 450 g/mol. The molecule has 7 nitrogen and oxygen atoms in total. The van der Waals surface area contributed by atoms with E-state index in [4.69, 9.17) is 9.84 Å². The molecule has 2 amide bonds. The Morgan fingerprint density at radius 2 is 1.67 bits per heavy atom. The molecule has 1 aliphatic heterocycles. The zero-order valence-electron chi connectivity index (χ0n) is 19.0. The van der Waals surface area contributed by atoms with Gasteiger partial charge in [0.15, 0.2) is 0 Å². The van der Waals surface area contributed by atoms with Crippen molar-refractivity contribution in [3.63, 3.8) is 0 Å². The minimum atomic E-state index is -0.926. The quantitative estimate of drug-likeness (QED) is 0.664. The van der Waals surface area contributed by atoms with E-state index in [2.05, 4.69) is 29.6 Å². The number of aliphatic carboxylic acids is 1. The zero-order valence-corrected chi connectivity index (χ0v) is 19.0. The first-order valence-corrected chi connectivity index (χ1v) is 11.5. The Bertz CT molecular complexity index is 1000. The molecule has 2 aliphatic rings. The number of likely N-dealkylation sites (tertiary alicyclic amines) is 1. The van der Waals surface area contributed by atoms with Crippen LogP contribution in [0.1, 0.15) is 50.2 Å². The van der Waals surface area contributed by atoms with Gasteiger partial charge in [-0.2, -0.15) is 0 Å². The number of ether oxygens (including phenoxy) is 1. The van der Waals surface area contributed by atoms with Crippen LogP contribution in [-0.4, -0.2) is 53.2 Å². The second-order valence-corrected chi connectivity index (χ2v) is 9.12. The molecule has 2 aromatic rings. The number of benzene rings is 2. The highest BCUT2D eigenvalue weighted by atomic mass is 16.5. The van der Waals surface area contributed by atoms with Crippen LogP contribution >= 0.6 is 0 Å². The molecule has 4 rings (SSSR count). The van der Waals surface area contributed by atoms with Crippen molar-refractivity contribution in [1.82, 2.24) is 10.2 Å². The first kappa shape index (κ1) is 22.8. The minimum absolute atomic E-state index is 0.0603. The molecule has 1 saturated heterocycles. The van der Waals surface area contributed by atoms with Gasteiger partial charge in [0.05, 0.1) is 6.42 Å². The summed E-state index contributed by atoms with van der Waals surface area (Å²) in [6.07, 6.45) is 0.701. The molecule has 1 unspecified atom stereocenters. The van der Waals surface area contributed by atoms with Crippen molar-refractivity contribution < 1.29 is 24.2 Å². The first-order valence-electron chi connectivity index (χ1n) is 11.5. The van der Waals surface area contributed by atoms with E-state index in [1.165, 1.54) is 0 Å². The average Bonchev–Trinajstić information content (AvgIpc) is 3.37. The molecule has 2 atom stereocenters. The average molecular weight is 451 g/mol. The number of nitrogens with zero attached hydrogens (tertiary/aromatic N) is 1. The van der Waals surface area contributed by atoms with Gasteiger partial charge in [0, 0.05) is 18.5 Å². The van der Waals surface area contributed by atoms with Gasteiger partial charge < -0.3 is 20.1 Å². The fourth-order valence-electron chi connectivity index (χ4n) is 5.00. The highest BCUT2D eigenvalue weighted by Crippen LogP contribution is 2.44. The van der Waals surface area contributed by atoms with E-state index in [0.29, 0.717) is 13.0 Å². The van der Waals surface area contributed by atoms with Crippen molar-refractivity contribution in [2.24, 2.45) is 5.92 Å². The van der Waals surface area contributed by atoms with Crippen LogP contribution in [0.15, 0.2) is 48.5 Å². The molecule has 1 fully saturated rings. The fraction of sp³-hybridized carbons (Fsp3) is 0.423. The summed E-state index contributed by atoms with van der Waals surface area (Å²) >= 11 is 0. The van der Waals surface area contributed by atoms with Crippen molar-refractivity contribution in [1.29, 1.82) is 0 Å². The molecule has 0 bridgehead atoms. The van der Waals surface area contributed by atoms with Crippen LogP contribution < -0.4 is 5.32 Å². The maximum absolute atomic E-state index is 13.2. The smallest absolute Gasteiger partial charge is 0.407 e. The lowest BCUT2D eigenvalue weighted by Crippen LogP contribution is -2.52. The van der Waals surface area contributed by atoms with Crippen LogP contribution in [0.4, 0.5) is 4.79 Å². The van der Waals surface area contributed by atoms with Crippen molar-refractivity contribution in [2.75, 3.05) is 13.2 Å². The summed E-state index contributed by atoms with van der Waals surface area (Å²) in [4.78, 5) is 38.6. The van der Waals surface area contributed by atoms with Crippen LogP contribution in [-0.2, 0) is 14.3 Å². The number of carbonyl (C=O) groups is 3. The van der Waals surface area contributed by atoms with E-state index in [0.717, 1.165) is 28.7 Å². The number of amides is 2. The molecule has 2 N–H and O–H groups in total. The van der Waals surface area contributed by atoms with Gasteiger partial charge in [-0.1, -0.05) is 62.4 Å². The van der Waals surface area contributed by atoms with Crippen molar-refractivity contribution in [3.05, 3.63) is 59.7 Å². The summed E-state index contributed by atoms with van der Waals surface area (Å²) in [6, 6.07) is 15.1. The van der Waals surface area contributed by atoms with Crippen LogP contribution in [0, 0.1) is 5.92 Å². The summed E-state index contributed by atoms with van der Waals surface area (Å²) in [7, 11) is 0. The van der Waals surface area contributed by atoms with Gasteiger partial charge in [0.1, 0.15) is 12.6 Å². The van der Waals surface area contributed by atoms with Gasteiger partial charge >= 0.3 is 12.1 Å². The molecule has 33 heavy (non-hydrogen) atoms. The predicted molar refractivity (Wildman–Crippen MR) is 124 cm³/mol. The van der Waals surface area contributed by atoms with Crippen LogP contribution in [0.3, 0.4) is 0 Å². The highest BCUT2D eigenvalue weighted by molar-refractivity contribution is 5.87. The van der Waals surface area contributed by atoms with E-state index >= 15 is 0 Å². The highest BCUT2D eigenvalue weighted by Gasteiger charge is 2.37. The predicted octanol–water partition coefficient (Wildman–Crippen LogP) is 4.02. The molecular weight excluding hydrogens is 420 g/mol. The number of carboxylic acids is 1. The minimum Gasteiger partial charge on any atom is -0.481 e. The Hall–Kier alpha value is -3.35. The molecular formula is C26H30N2O5. The van der Waals surface area contributed by atoms with E-state index in [1.54, 1.807) is 4.90 Å². The molecule has 2 aromatic carbocycles. The second-order valence-electron chi connectivity index (χ2n) is 9.12. The third-order valence-electron chi connectivity index (χ3n) is 6.62. The maximum Gasteiger partial charge on any atom is 0.407 e. The molecule has 0 aromatic heterocycles. The number of alkyl carbamates (subject to hydrolysis) is 1. The molecule has 1 aliphatic carbocycles. The molecule has 1 heterocycles. The summed E-state index contributed by atoms with van der Waals surface area (Å²) in [5.41, 5.74) is 4.54. The van der Waals surface area contributed by atoms with E-state index < -0.39 is 18.1 Å². The Morgan fingerprint density at radius 1 is 1.06 bits per heavy atom. The van der Waals surface area contributed by atoms with E-state index in [9.17, 15) is 14.4 Å². The fourth-order valence-corrected chi connectivity index (χ4v) is 5.00. The van der Waals surface area contributed by atoms with Gasteiger partial charge in [0.25, 0.3) is 0 Å². The normalized spacial score (nSPS) is 18.0. The lowest BCUT2D eigenvalue weighted by atomic mass is 9.98. The molecule has 174 valence electrons. The Morgan fingerprint density at radius 3 is 2.24 bits per heavy atom. The van der Waals surface area contributed by atoms with E-state index in [1.807, 2.05) is 38.1 Å². The summed E-state index contributed by atoms with van der Waals surface area (Å²) in [5.74, 6) is -1.40. The first-order chi connectivity index (χ1) is 15.9. The lowest BCUT2D eigenvalue weighted by Gasteiger charge is -2.30. The number of fused-ring (bicyclic) bond motifs is 3. The second kappa shape index (κ2) is 9.65. The van der Waals surface area contributed by atoms with Crippen LogP contribution in [0.25, 0.3) is 11.1 Å². The van der Waals surface area contributed by atoms with Crippen molar-refractivity contribution in [3.8, 4) is 11.1 Å². The van der Waals surface area contributed by atoms with Gasteiger partial charge in [0.2, 0.25) is 5.91 Å². The van der Waals surface area contributed by atoms with E-state index in [-0.39, 0.29) is 36.8 Å². The number of carbonyl (C=O) groups excluding carboxylic acids is 2. The summed E-state index contributed by atoms with van der Waals surface area (Å²) in [6.45, 7) is 4.39. The Kier molecular flexibility index (Phi) is 6.67. The van der Waals surface area contributed by atoms with Crippen LogP contribution in [0.2, 0.25) is 0 Å². The molecule has 0 saturated carbocycles. The Balaban J connectivity index is 1.42. The molecule has 0 radical (unpaired) electrons.